The number of aryl methyl sites for hydroxylation is 1. The fourth-order valence-corrected chi connectivity index (χ4v) is 3.33. The van der Waals surface area contributed by atoms with Gasteiger partial charge in [-0.15, -0.1) is 16.4 Å². The van der Waals surface area contributed by atoms with Gasteiger partial charge < -0.3 is 9.80 Å². The third-order valence-corrected chi connectivity index (χ3v) is 4.77. The zero-order valence-corrected chi connectivity index (χ0v) is 13.9. The van der Waals surface area contributed by atoms with Crippen LogP contribution in [0.25, 0.3) is 11.2 Å². The third-order valence-electron chi connectivity index (χ3n) is 3.99. The Hall–Kier alpha value is -2.75. The zero-order chi connectivity index (χ0) is 16.5. The highest BCUT2D eigenvalue weighted by atomic mass is 32.1. The molecular weight excluding hydrogens is 328 g/mol. The standard InChI is InChI=1S/C14H16N8OS/c1-20-12-11(18-19-20)13(16-9-15-12)21-4-6-22(7-5-21)14(23)17-10-3-2-8-24-10/h2-3,8-9H,4-7H2,1H3,(H,17,23). The maximum Gasteiger partial charge on any atom is 0.322 e. The number of aromatic nitrogens is 5. The van der Waals surface area contributed by atoms with E-state index in [0.717, 1.165) is 10.8 Å². The number of rotatable bonds is 2. The summed E-state index contributed by atoms with van der Waals surface area (Å²) in [4.78, 5) is 24.8. The number of hydrogen-bond acceptors (Lipinski definition) is 7. The molecule has 24 heavy (non-hydrogen) atoms. The molecular formula is C14H16N8OS. The average Bonchev–Trinajstić information content (AvgIpc) is 3.25. The summed E-state index contributed by atoms with van der Waals surface area (Å²) in [5.74, 6) is 0.770. The third kappa shape index (κ3) is 2.64. The van der Waals surface area contributed by atoms with Crippen molar-refractivity contribution in [1.82, 2.24) is 29.9 Å². The van der Waals surface area contributed by atoms with Gasteiger partial charge in [0.05, 0.1) is 5.00 Å². The van der Waals surface area contributed by atoms with Crippen LogP contribution < -0.4 is 10.2 Å². The molecule has 0 aliphatic carbocycles. The van der Waals surface area contributed by atoms with E-state index < -0.39 is 0 Å². The maximum absolute atomic E-state index is 12.3. The lowest BCUT2D eigenvalue weighted by Crippen LogP contribution is -2.50. The molecule has 1 aliphatic heterocycles. The number of hydrogen-bond donors (Lipinski definition) is 1. The zero-order valence-electron chi connectivity index (χ0n) is 13.1. The Bertz CT molecular complexity index is 853. The van der Waals surface area contributed by atoms with Gasteiger partial charge in [0.25, 0.3) is 0 Å². The van der Waals surface area contributed by atoms with E-state index in [9.17, 15) is 4.79 Å². The van der Waals surface area contributed by atoms with Gasteiger partial charge in [0, 0.05) is 33.2 Å². The highest BCUT2D eigenvalue weighted by Gasteiger charge is 2.24. The van der Waals surface area contributed by atoms with Gasteiger partial charge in [-0.2, -0.15) is 0 Å². The predicted molar refractivity (Wildman–Crippen MR) is 91.2 cm³/mol. The Morgan fingerprint density at radius 1 is 1.25 bits per heavy atom. The fraction of sp³-hybridized carbons (Fsp3) is 0.357. The quantitative estimate of drug-likeness (QED) is 0.750. The summed E-state index contributed by atoms with van der Waals surface area (Å²) in [5.41, 5.74) is 1.40. The van der Waals surface area contributed by atoms with Gasteiger partial charge >= 0.3 is 6.03 Å². The number of nitrogens with zero attached hydrogens (tertiary/aromatic N) is 7. The molecule has 0 atom stereocenters. The molecule has 0 aromatic carbocycles. The molecule has 0 saturated carbocycles. The van der Waals surface area contributed by atoms with Crippen LogP contribution in [-0.4, -0.2) is 62.1 Å². The minimum absolute atomic E-state index is 0.0653. The first-order chi connectivity index (χ1) is 11.7. The van der Waals surface area contributed by atoms with Gasteiger partial charge in [-0.25, -0.2) is 19.4 Å². The number of carbonyl (C=O) groups excluding carboxylic acids is 1. The molecule has 2 amide bonds. The Morgan fingerprint density at radius 3 is 2.83 bits per heavy atom. The molecule has 1 saturated heterocycles. The average molecular weight is 344 g/mol. The van der Waals surface area contributed by atoms with Crippen LogP contribution in [0.5, 0.6) is 0 Å². The van der Waals surface area contributed by atoms with E-state index in [0.29, 0.717) is 37.3 Å². The number of nitrogens with one attached hydrogen (secondary N) is 1. The summed E-state index contributed by atoms with van der Waals surface area (Å²) in [7, 11) is 1.80. The summed E-state index contributed by atoms with van der Waals surface area (Å²) in [5, 5.41) is 13.9. The molecule has 0 spiro atoms. The monoisotopic (exact) mass is 344 g/mol. The van der Waals surface area contributed by atoms with Crippen molar-refractivity contribution in [3.8, 4) is 0 Å². The van der Waals surface area contributed by atoms with Crippen LogP contribution >= 0.6 is 11.3 Å². The number of amides is 2. The van der Waals surface area contributed by atoms with Gasteiger partial charge in [0.2, 0.25) is 0 Å². The maximum atomic E-state index is 12.3. The molecule has 0 radical (unpaired) electrons. The second-order valence-corrected chi connectivity index (χ2v) is 6.41. The van der Waals surface area contributed by atoms with Crippen LogP contribution in [0.2, 0.25) is 0 Å². The van der Waals surface area contributed by atoms with Gasteiger partial charge in [-0.1, -0.05) is 5.21 Å². The molecule has 4 heterocycles. The highest BCUT2D eigenvalue weighted by Crippen LogP contribution is 2.22. The largest absolute Gasteiger partial charge is 0.351 e. The van der Waals surface area contributed by atoms with Crippen LogP contribution in [0.3, 0.4) is 0 Å². The van der Waals surface area contributed by atoms with Crippen molar-refractivity contribution in [2.24, 2.45) is 7.05 Å². The first-order valence-corrected chi connectivity index (χ1v) is 8.45. The van der Waals surface area contributed by atoms with Crippen LogP contribution in [0.15, 0.2) is 23.8 Å². The fourth-order valence-electron chi connectivity index (χ4n) is 2.73. The van der Waals surface area contributed by atoms with Crippen molar-refractivity contribution in [3.05, 3.63) is 23.8 Å². The van der Waals surface area contributed by atoms with Crippen LogP contribution in [0.4, 0.5) is 15.6 Å². The number of urea groups is 1. The van der Waals surface area contributed by atoms with E-state index in [1.54, 1.807) is 11.7 Å². The molecule has 1 fully saturated rings. The second kappa shape index (κ2) is 6.04. The van der Waals surface area contributed by atoms with Gasteiger partial charge in [-0.05, 0) is 17.5 Å². The van der Waals surface area contributed by atoms with Crippen molar-refractivity contribution in [3.63, 3.8) is 0 Å². The molecule has 1 aliphatic rings. The van der Waals surface area contributed by atoms with Crippen molar-refractivity contribution in [2.75, 3.05) is 36.4 Å². The van der Waals surface area contributed by atoms with Crippen LogP contribution in [-0.2, 0) is 7.05 Å². The van der Waals surface area contributed by atoms with Gasteiger partial charge in [0.15, 0.2) is 17.0 Å². The van der Waals surface area contributed by atoms with Crippen molar-refractivity contribution >= 4 is 39.4 Å². The minimum atomic E-state index is -0.0653. The van der Waals surface area contributed by atoms with Crippen molar-refractivity contribution in [1.29, 1.82) is 0 Å². The second-order valence-electron chi connectivity index (χ2n) is 5.46. The topological polar surface area (TPSA) is 92.1 Å². The Kier molecular flexibility index (Phi) is 3.73. The Morgan fingerprint density at radius 2 is 2.08 bits per heavy atom. The van der Waals surface area contributed by atoms with E-state index in [4.69, 9.17) is 0 Å². The van der Waals surface area contributed by atoms with E-state index in [1.807, 2.05) is 22.4 Å². The highest BCUT2D eigenvalue weighted by molar-refractivity contribution is 7.14. The van der Waals surface area contributed by atoms with Gasteiger partial charge in [-0.3, -0.25) is 5.32 Å². The summed E-state index contributed by atoms with van der Waals surface area (Å²) in [6, 6.07) is 3.74. The molecule has 0 bridgehead atoms. The molecule has 0 unspecified atom stereocenters. The lowest BCUT2D eigenvalue weighted by atomic mass is 10.3. The van der Waals surface area contributed by atoms with Gasteiger partial charge in [0.1, 0.15) is 6.33 Å². The number of thiophene rings is 1. The van der Waals surface area contributed by atoms with E-state index in [-0.39, 0.29) is 6.03 Å². The van der Waals surface area contributed by atoms with E-state index >= 15 is 0 Å². The summed E-state index contributed by atoms with van der Waals surface area (Å²) in [6.45, 7) is 2.65. The first-order valence-electron chi connectivity index (χ1n) is 7.57. The summed E-state index contributed by atoms with van der Waals surface area (Å²) < 4.78 is 1.63. The molecule has 9 nitrogen and oxygen atoms in total. The molecule has 4 rings (SSSR count). The molecule has 10 heteroatoms. The summed E-state index contributed by atoms with van der Waals surface area (Å²) >= 11 is 1.51. The number of piperazine rings is 1. The molecule has 1 N–H and O–H groups in total. The Labute approximate surface area is 141 Å². The van der Waals surface area contributed by atoms with E-state index in [2.05, 4.69) is 30.5 Å². The molecule has 3 aromatic rings. The van der Waals surface area contributed by atoms with Crippen molar-refractivity contribution < 1.29 is 4.79 Å². The van der Waals surface area contributed by atoms with Crippen LogP contribution in [0.1, 0.15) is 0 Å². The number of anilines is 2. The smallest absolute Gasteiger partial charge is 0.322 e. The first kappa shape index (κ1) is 14.8. The lowest BCUT2D eigenvalue weighted by molar-refractivity contribution is 0.208. The predicted octanol–water partition coefficient (Wildman–Crippen LogP) is 1.17. The molecule has 124 valence electrons. The Balaban J connectivity index is 1.45. The minimum Gasteiger partial charge on any atom is -0.351 e. The van der Waals surface area contributed by atoms with Crippen LogP contribution in [0, 0.1) is 0 Å². The van der Waals surface area contributed by atoms with Crippen molar-refractivity contribution in [2.45, 2.75) is 0 Å². The molecule has 3 aromatic heterocycles. The SMILES string of the molecule is Cn1nnc2c(N3CCN(C(=O)Nc4cccs4)CC3)ncnc21. The lowest BCUT2D eigenvalue weighted by Gasteiger charge is -2.35. The van der Waals surface area contributed by atoms with E-state index in [1.165, 1.54) is 17.7 Å². The normalized spacial score (nSPS) is 15.0. The number of fused-ring (bicyclic) bond motifs is 1. The summed E-state index contributed by atoms with van der Waals surface area (Å²) in [6.07, 6.45) is 1.52. The number of carbonyl (C=O) groups is 1.